The monoisotopic (exact) mass is 449 g/mol. The van der Waals surface area contributed by atoms with E-state index in [0.29, 0.717) is 16.3 Å². The number of Topliss-reactive ketones (excluding diaryl/α,β-unsaturated/α-hetero) is 1. The van der Waals surface area contributed by atoms with E-state index in [9.17, 15) is 14.7 Å². The van der Waals surface area contributed by atoms with Crippen molar-refractivity contribution in [3.05, 3.63) is 100.0 Å². The average molecular weight is 450 g/mol. The van der Waals surface area contributed by atoms with Crippen molar-refractivity contribution >= 4 is 29.1 Å². The fourth-order valence-corrected chi connectivity index (χ4v) is 4.01. The van der Waals surface area contributed by atoms with Crippen LogP contribution in [0.3, 0.4) is 0 Å². The summed E-state index contributed by atoms with van der Waals surface area (Å²) >= 11 is 5.97. The number of amides is 1. The van der Waals surface area contributed by atoms with Crippen molar-refractivity contribution in [2.24, 2.45) is 0 Å². The van der Waals surface area contributed by atoms with E-state index in [1.165, 1.54) is 11.2 Å². The lowest BCUT2D eigenvalue weighted by atomic mass is 9.85. The Morgan fingerprint density at radius 2 is 1.69 bits per heavy atom. The van der Waals surface area contributed by atoms with Crippen LogP contribution < -0.4 is 0 Å². The molecule has 0 unspecified atom stereocenters. The second kappa shape index (κ2) is 8.32. The van der Waals surface area contributed by atoms with E-state index in [1.807, 2.05) is 24.3 Å². The number of rotatable bonds is 4. The number of hydrogen-bond acceptors (Lipinski definition) is 4. The summed E-state index contributed by atoms with van der Waals surface area (Å²) < 4.78 is 5.42. The number of nitrogens with zero attached hydrogens (tertiary/aromatic N) is 1. The van der Waals surface area contributed by atoms with Gasteiger partial charge in [-0.2, -0.15) is 0 Å². The number of carbonyl (C=O) groups is 2. The molecule has 1 amide bonds. The van der Waals surface area contributed by atoms with E-state index in [1.54, 1.807) is 36.4 Å². The van der Waals surface area contributed by atoms with Crippen molar-refractivity contribution in [2.45, 2.75) is 38.8 Å². The molecule has 0 bridgehead atoms. The molecular weight excluding hydrogens is 426 g/mol. The van der Waals surface area contributed by atoms with Gasteiger partial charge in [-0.1, -0.05) is 56.6 Å². The Labute approximate surface area is 191 Å². The topological polar surface area (TPSA) is 70.8 Å². The molecule has 4 rings (SSSR count). The Morgan fingerprint density at radius 1 is 1.03 bits per heavy atom. The van der Waals surface area contributed by atoms with Gasteiger partial charge in [-0.05, 0) is 52.9 Å². The molecule has 1 atom stereocenters. The van der Waals surface area contributed by atoms with E-state index in [0.717, 1.165) is 11.1 Å². The number of likely N-dealkylation sites (tertiary alicyclic amines) is 1. The highest BCUT2D eigenvalue weighted by Crippen LogP contribution is 2.41. The van der Waals surface area contributed by atoms with Gasteiger partial charge in [0.1, 0.15) is 11.5 Å². The summed E-state index contributed by atoms with van der Waals surface area (Å²) in [5.74, 6) is -1.09. The van der Waals surface area contributed by atoms with E-state index >= 15 is 0 Å². The number of hydrogen-bond donors (Lipinski definition) is 1. The molecule has 1 fully saturated rings. The van der Waals surface area contributed by atoms with Crippen LogP contribution in [0, 0.1) is 0 Å². The number of ketones is 1. The van der Waals surface area contributed by atoms with Crippen molar-refractivity contribution < 1.29 is 19.1 Å². The first kappa shape index (κ1) is 21.9. The van der Waals surface area contributed by atoms with E-state index < -0.39 is 17.7 Å². The molecule has 2 heterocycles. The number of halogens is 1. The molecule has 0 radical (unpaired) electrons. The molecule has 5 nitrogen and oxygen atoms in total. The summed E-state index contributed by atoms with van der Waals surface area (Å²) in [5.41, 5.74) is 2.29. The summed E-state index contributed by atoms with van der Waals surface area (Å²) in [6.07, 6.45) is 1.52. The van der Waals surface area contributed by atoms with Gasteiger partial charge in [0, 0.05) is 10.6 Å². The first-order valence-corrected chi connectivity index (χ1v) is 10.7. The minimum atomic E-state index is -0.746. The van der Waals surface area contributed by atoms with Crippen LogP contribution in [0.5, 0.6) is 0 Å². The molecule has 164 valence electrons. The average Bonchev–Trinajstić information content (AvgIpc) is 3.36. The molecule has 3 aromatic rings. The molecule has 2 aromatic carbocycles. The van der Waals surface area contributed by atoms with Crippen LogP contribution in [-0.2, 0) is 21.5 Å². The van der Waals surface area contributed by atoms with Crippen LogP contribution in [0.4, 0.5) is 0 Å². The van der Waals surface area contributed by atoms with E-state index in [4.69, 9.17) is 16.0 Å². The lowest BCUT2D eigenvalue weighted by Gasteiger charge is -2.26. The molecule has 6 heteroatoms. The third-order valence-electron chi connectivity index (χ3n) is 5.66. The van der Waals surface area contributed by atoms with Crippen molar-refractivity contribution in [2.75, 3.05) is 0 Å². The Balaban J connectivity index is 1.85. The summed E-state index contributed by atoms with van der Waals surface area (Å²) in [5, 5.41) is 11.6. The zero-order valence-corrected chi connectivity index (χ0v) is 18.9. The molecule has 1 aliphatic heterocycles. The maximum atomic E-state index is 13.1. The lowest BCUT2D eigenvalue weighted by Crippen LogP contribution is -2.29. The molecule has 1 saturated heterocycles. The van der Waals surface area contributed by atoms with E-state index in [-0.39, 0.29) is 23.3 Å². The zero-order valence-electron chi connectivity index (χ0n) is 18.1. The van der Waals surface area contributed by atoms with Gasteiger partial charge in [0.05, 0.1) is 24.4 Å². The molecule has 32 heavy (non-hydrogen) atoms. The fourth-order valence-electron chi connectivity index (χ4n) is 3.89. The van der Waals surface area contributed by atoms with Gasteiger partial charge in [0.15, 0.2) is 0 Å². The number of benzene rings is 2. The largest absolute Gasteiger partial charge is 0.507 e. The Hall–Kier alpha value is -3.31. The first-order chi connectivity index (χ1) is 15.2. The van der Waals surface area contributed by atoms with Crippen LogP contribution in [0.2, 0.25) is 5.02 Å². The highest BCUT2D eigenvalue weighted by molar-refractivity contribution is 6.46. The first-order valence-electron chi connectivity index (χ1n) is 10.3. The highest BCUT2D eigenvalue weighted by atomic mass is 35.5. The van der Waals surface area contributed by atoms with Gasteiger partial charge in [-0.3, -0.25) is 9.59 Å². The van der Waals surface area contributed by atoms with Gasteiger partial charge < -0.3 is 14.4 Å². The summed E-state index contributed by atoms with van der Waals surface area (Å²) in [6, 6.07) is 17.0. The van der Waals surface area contributed by atoms with E-state index in [2.05, 4.69) is 20.8 Å². The second-order valence-corrected chi connectivity index (χ2v) is 9.32. The summed E-state index contributed by atoms with van der Waals surface area (Å²) in [6.45, 7) is 6.46. The number of furan rings is 1. The van der Waals surface area contributed by atoms with Crippen molar-refractivity contribution in [1.29, 1.82) is 0 Å². The summed E-state index contributed by atoms with van der Waals surface area (Å²) in [4.78, 5) is 27.5. The van der Waals surface area contributed by atoms with Gasteiger partial charge in [-0.25, -0.2) is 0 Å². The van der Waals surface area contributed by atoms with Crippen LogP contribution in [0.15, 0.2) is 76.9 Å². The quantitative estimate of drug-likeness (QED) is 0.308. The predicted molar refractivity (Wildman–Crippen MR) is 123 cm³/mol. The maximum absolute atomic E-state index is 13.1. The van der Waals surface area contributed by atoms with Gasteiger partial charge in [0.25, 0.3) is 11.7 Å². The van der Waals surface area contributed by atoms with Crippen molar-refractivity contribution in [3.63, 3.8) is 0 Å². The molecule has 1 aliphatic rings. The Kier molecular flexibility index (Phi) is 5.70. The van der Waals surface area contributed by atoms with Crippen molar-refractivity contribution in [1.82, 2.24) is 4.90 Å². The number of aliphatic hydroxyl groups is 1. The SMILES string of the molecule is CC(C)(C)c1ccc([C@@H]2/C(=C(\O)c3ccc(Cl)cc3)C(=O)C(=O)N2Cc2ccco2)cc1. The zero-order chi connectivity index (χ0) is 23.0. The van der Waals surface area contributed by atoms with Crippen LogP contribution in [0.1, 0.15) is 49.3 Å². The van der Waals surface area contributed by atoms with Gasteiger partial charge >= 0.3 is 0 Å². The second-order valence-electron chi connectivity index (χ2n) is 8.89. The van der Waals surface area contributed by atoms with Crippen LogP contribution in [-0.4, -0.2) is 21.7 Å². The van der Waals surface area contributed by atoms with Crippen molar-refractivity contribution in [3.8, 4) is 0 Å². The molecular formula is C26H24ClNO4. The molecule has 1 aromatic heterocycles. The lowest BCUT2D eigenvalue weighted by molar-refractivity contribution is -0.140. The number of aliphatic hydroxyl groups excluding tert-OH is 1. The summed E-state index contributed by atoms with van der Waals surface area (Å²) in [7, 11) is 0. The van der Waals surface area contributed by atoms with Crippen LogP contribution in [0.25, 0.3) is 5.76 Å². The molecule has 0 aliphatic carbocycles. The minimum absolute atomic E-state index is 0.0438. The Morgan fingerprint density at radius 3 is 2.25 bits per heavy atom. The molecule has 0 spiro atoms. The third-order valence-corrected chi connectivity index (χ3v) is 5.91. The van der Waals surface area contributed by atoms with Gasteiger partial charge in [0.2, 0.25) is 0 Å². The maximum Gasteiger partial charge on any atom is 0.296 e. The van der Waals surface area contributed by atoms with Crippen LogP contribution >= 0.6 is 11.6 Å². The standard InChI is InChI=1S/C26H24ClNO4/c1-26(2,3)18-10-6-16(7-11-18)22-21(23(29)17-8-12-19(27)13-9-17)24(30)25(31)28(22)15-20-5-4-14-32-20/h4-14,22,29H,15H2,1-3H3/b23-21+/t22-/m1/s1. The Bertz CT molecular complexity index is 1170. The molecule has 0 saturated carbocycles. The normalized spacial score (nSPS) is 18.4. The molecule has 1 N–H and O–H groups in total. The smallest absolute Gasteiger partial charge is 0.296 e. The number of carbonyl (C=O) groups excluding carboxylic acids is 2. The predicted octanol–water partition coefficient (Wildman–Crippen LogP) is 5.85. The fraction of sp³-hybridized carbons (Fsp3) is 0.231. The highest BCUT2D eigenvalue weighted by Gasteiger charge is 2.46. The minimum Gasteiger partial charge on any atom is -0.507 e. The van der Waals surface area contributed by atoms with Gasteiger partial charge in [-0.15, -0.1) is 0 Å². The third kappa shape index (κ3) is 4.08.